The maximum Gasteiger partial charge on any atom is 0.230 e. The fourth-order valence-corrected chi connectivity index (χ4v) is 5.47. The lowest BCUT2D eigenvalue weighted by Crippen LogP contribution is -2.31. The predicted molar refractivity (Wildman–Crippen MR) is 127 cm³/mol. The number of anilines is 1. The molecule has 170 valence electrons. The molecule has 0 fully saturated rings. The average molecular weight is 485 g/mol. The third-order valence-corrected chi connectivity index (χ3v) is 7.85. The number of hydrogen-bond donors (Lipinski definition) is 0. The van der Waals surface area contributed by atoms with Gasteiger partial charge in [-0.1, -0.05) is 41.7 Å². The minimum Gasteiger partial charge on any atom is -0.497 e. The summed E-state index contributed by atoms with van der Waals surface area (Å²) in [5, 5.41) is 0.478. The number of amides is 1. The van der Waals surface area contributed by atoms with Gasteiger partial charge in [0.2, 0.25) is 5.91 Å². The Balaban J connectivity index is 1.60. The zero-order valence-electron chi connectivity index (χ0n) is 17.8. The SMILES string of the molecule is COc1ccc2sc(N(Cc3ccccc3)C(=O)CCS(=O)(=O)c3ccc(F)cc3)nc2c1. The van der Waals surface area contributed by atoms with Gasteiger partial charge < -0.3 is 4.74 Å². The highest BCUT2D eigenvalue weighted by Crippen LogP contribution is 2.32. The summed E-state index contributed by atoms with van der Waals surface area (Å²) in [5.41, 5.74) is 1.59. The van der Waals surface area contributed by atoms with E-state index in [-0.39, 0.29) is 29.5 Å². The fraction of sp³-hybridized carbons (Fsp3) is 0.167. The van der Waals surface area contributed by atoms with Crippen LogP contribution >= 0.6 is 11.3 Å². The van der Waals surface area contributed by atoms with Crippen molar-refractivity contribution in [2.75, 3.05) is 17.8 Å². The molecule has 0 N–H and O–H groups in total. The van der Waals surface area contributed by atoms with Gasteiger partial charge in [-0.3, -0.25) is 9.69 Å². The molecule has 0 aliphatic rings. The first-order chi connectivity index (χ1) is 15.9. The maximum atomic E-state index is 13.2. The van der Waals surface area contributed by atoms with Crippen LogP contribution in [0.15, 0.2) is 77.7 Å². The zero-order chi connectivity index (χ0) is 23.4. The summed E-state index contributed by atoms with van der Waals surface area (Å²) in [4.78, 5) is 19.3. The van der Waals surface area contributed by atoms with E-state index in [1.165, 1.54) is 28.4 Å². The molecule has 1 amide bonds. The van der Waals surface area contributed by atoms with Crippen LogP contribution in [0.5, 0.6) is 5.75 Å². The zero-order valence-corrected chi connectivity index (χ0v) is 19.4. The standard InChI is InChI=1S/C24H21FN2O4S2/c1-31-19-9-12-22-21(15-19)26-24(32-22)27(16-17-5-3-2-4-6-17)23(28)13-14-33(29,30)20-10-7-18(25)8-11-20/h2-12,15H,13-14,16H2,1H3. The minimum absolute atomic E-state index is 0.0154. The second-order valence-electron chi connectivity index (χ2n) is 7.32. The van der Waals surface area contributed by atoms with E-state index in [0.29, 0.717) is 16.4 Å². The minimum atomic E-state index is -3.74. The first kappa shape index (κ1) is 22.9. The van der Waals surface area contributed by atoms with Gasteiger partial charge in [-0.25, -0.2) is 17.8 Å². The predicted octanol–water partition coefficient (Wildman–Crippen LogP) is 4.84. The number of benzene rings is 3. The molecule has 3 aromatic carbocycles. The van der Waals surface area contributed by atoms with Crippen LogP contribution in [0.1, 0.15) is 12.0 Å². The van der Waals surface area contributed by atoms with Gasteiger partial charge in [0.1, 0.15) is 11.6 Å². The van der Waals surface area contributed by atoms with E-state index in [1.807, 2.05) is 42.5 Å². The Morgan fingerprint density at radius 3 is 2.48 bits per heavy atom. The van der Waals surface area contributed by atoms with Crippen LogP contribution in [0.2, 0.25) is 0 Å². The number of rotatable bonds is 8. The Kier molecular flexibility index (Phi) is 6.71. The van der Waals surface area contributed by atoms with E-state index in [4.69, 9.17) is 4.74 Å². The fourth-order valence-electron chi connectivity index (χ4n) is 3.28. The van der Waals surface area contributed by atoms with Gasteiger partial charge in [-0.15, -0.1) is 0 Å². The van der Waals surface area contributed by atoms with E-state index >= 15 is 0 Å². The van der Waals surface area contributed by atoms with Crippen molar-refractivity contribution in [1.82, 2.24) is 4.98 Å². The van der Waals surface area contributed by atoms with Crippen LogP contribution in [0.25, 0.3) is 10.2 Å². The van der Waals surface area contributed by atoms with Gasteiger partial charge in [-0.2, -0.15) is 0 Å². The molecule has 0 saturated carbocycles. The molecule has 0 aliphatic heterocycles. The third kappa shape index (κ3) is 5.37. The first-order valence-electron chi connectivity index (χ1n) is 10.1. The average Bonchev–Trinajstić information content (AvgIpc) is 3.25. The second-order valence-corrected chi connectivity index (χ2v) is 10.4. The number of carbonyl (C=O) groups is 1. The van der Waals surface area contributed by atoms with Gasteiger partial charge in [0.05, 0.1) is 34.5 Å². The van der Waals surface area contributed by atoms with E-state index in [2.05, 4.69) is 4.98 Å². The second kappa shape index (κ2) is 9.68. The van der Waals surface area contributed by atoms with Crippen LogP contribution < -0.4 is 9.64 Å². The van der Waals surface area contributed by atoms with Gasteiger partial charge in [0.25, 0.3) is 0 Å². The van der Waals surface area contributed by atoms with Crippen LogP contribution in [0.4, 0.5) is 9.52 Å². The summed E-state index contributed by atoms with van der Waals surface area (Å²) in [6.07, 6.45) is -0.230. The molecular weight excluding hydrogens is 463 g/mol. The highest BCUT2D eigenvalue weighted by atomic mass is 32.2. The number of carbonyl (C=O) groups excluding carboxylic acids is 1. The Hall–Kier alpha value is -3.30. The molecule has 33 heavy (non-hydrogen) atoms. The van der Waals surface area contributed by atoms with Crippen molar-refractivity contribution in [1.29, 1.82) is 0 Å². The van der Waals surface area contributed by atoms with Crippen molar-refractivity contribution in [2.45, 2.75) is 17.9 Å². The number of thiazole rings is 1. The number of nitrogens with zero attached hydrogens (tertiary/aromatic N) is 2. The monoisotopic (exact) mass is 484 g/mol. The Bertz CT molecular complexity index is 1370. The quantitative estimate of drug-likeness (QED) is 0.335. The van der Waals surface area contributed by atoms with E-state index in [1.54, 1.807) is 13.2 Å². The Morgan fingerprint density at radius 2 is 1.79 bits per heavy atom. The molecule has 0 saturated heterocycles. The van der Waals surface area contributed by atoms with Crippen LogP contribution in [0, 0.1) is 5.82 Å². The molecule has 0 unspecified atom stereocenters. The van der Waals surface area contributed by atoms with E-state index in [9.17, 15) is 17.6 Å². The van der Waals surface area contributed by atoms with Gasteiger partial charge in [0.15, 0.2) is 15.0 Å². The number of hydrogen-bond acceptors (Lipinski definition) is 6. The lowest BCUT2D eigenvalue weighted by Gasteiger charge is -2.20. The Morgan fingerprint density at radius 1 is 1.06 bits per heavy atom. The molecular formula is C24H21FN2O4S2. The number of sulfone groups is 1. The molecule has 0 bridgehead atoms. The first-order valence-corrected chi connectivity index (χ1v) is 12.6. The number of halogens is 1. The lowest BCUT2D eigenvalue weighted by atomic mass is 10.2. The summed E-state index contributed by atoms with van der Waals surface area (Å²) in [6.45, 7) is 0.257. The van der Waals surface area contributed by atoms with Crippen molar-refractivity contribution in [2.24, 2.45) is 0 Å². The van der Waals surface area contributed by atoms with Gasteiger partial charge in [0, 0.05) is 12.5 Å². The molecule has 0 atom stereocenters. The van der Waals surface area contributed by atoms with Gasteiger partial charge >= 0.3 is 0 Å². The third-order valence-electron chi connectivity index (χ3n) is 5.06. The number of methoxy groups -OCH3 is 1. The number of aromatic nitrogens is 1. The highest BCUT2D eigenvalue weighted by Gasteiger charge is 2.23. The molecule has 0 aliphatic carbocycles. The van der Waals surface area contributed by atoms with E-state index in [0.717, 1.165) is 22.4 Å². The highest BCUT2D eigenvalue weighted by molar-refractivity contribution is 7.91. The molecule has 1 aromatic heterocycles. The van der Waals surface area contributed by atoms with Crippen LogP contribution in [-0.2, 0) is 21.2 Å². The van der Waals surface area contributed by atoms with Crippen molar-refractivity contribution >= 4 is 42.4 Å². The lowest BCUT2D eigenvalue weighted by molar-refractivity contribution is -0.118. The van der Waals surface area contributed by atoms with Crippen molar-refractivity contribution in [3.8, 4) is 5.75 Å². The topological polar surface area (TPSA) is 76.6 Å². The summed E-state index contributed by atoms with van der Waals surface area (Å²) >= 11 is 1.35. The Labute approximate surface area is 195 Å². The number of ether oxygens (including phenoxy) is 1. The smallest absolute Gasteiger partial charge is 0.230 e. The maximum absolute atomic E-state index is 13.2. The van der Waals surface area contributed by atoms with Crippen LogP contribution in [-0.4, -0.2) is 32.2 Å². The molecule has 4 rings (SSSR count). The summed E-state index contributed by atoms with van der Waals surface area (Å²) in [7, 11) is -2.17. The molecule has 6 nitrogen and oxygen atoms in total. The van der Waals surface area contributed by atoms with Crippen LogP contribution in [0.3, 0.4) is 0 Å². The number of fused-ring (bicyclic) bond motifs is 1. The molecule has 4 aromatic rings. The normalized spacial score (nSPS) is 11.5. The molecule has 0 spiro atoms. The van der Waals surface area contributed by atoms with Crippen molar-refractivity contribution in [3.05, 3.63) is 84.2 Å². The molecule has 0 radical (unpaired) electrons. The largest absolute Gasteiger partial charge is 0.497 e. The summed E-state index contributed by atoms with van der Waals surface area (Å²) in [6, 6.07) is 19.5. The summed E-state index contributed by atoms with van der Waals surface area (Å²) < 4.78 is 44.6. The van der Waals surface area contributed by atoms with Crippen molar-refractivity contribution < 1.29 is 22.3 Å². The van der Waals surface area contributed by atoms with Gasteiger partial charge in [-0.05, 0) is 42.0 Å². The summed E-state index contributed by atoms with van der Waals surface area (Å²) in [5.74, 6) is -0.616. The molecule has 1 heterocycles. The molecule has 9 heteroatoms. The van der Waals surface area contributed by atoms with Crippen molar-refractivity contribution in [3.63, 3.8) is 0 Å². The van der Waals surface area contributed by atoms with E-state index < -0.39 is 15.7 Å².